The van der Waals surface area contributed by atoms with Crippen LogP contribution in [0.5, 0.6) is 0 Å². The highest BCUT2D eigenvalue weighted by molar-refractivity contribution is 5.76. The molecule has 0 aliphatic heterocycles. The molecular weight excluding hydrogens is 314 g/mol. The van der Waals surface area contributed by atoms with Crippen molar-refractivity contribution in [2.24, 2.45) is 0 Å². The highest BCUT2D eigenvalue weighted by Crippen LogP contribution is 2.30. The van der Waals surface area contributed by atoms with E-state index in [2.05, 4.69) is 4.98 Å². The summed E-state index contributed by atoms with van der Waals surface area (Å²) < 4.78 is 46.3. The summed E-state index contributed by atoms with van der Waals surface area (Å²) in [5, 5.41) is 0. The van der Waals surface area contributed by atoms with Crippen LogP contribution in [0.1, 0.15) is 19.4 Å². The lowest BCUT2D eigenvalue weighted by molar-refractivity contribution is 1.27. The third kappa shape index (κ3) is 3.29. The Morgan fingerprint density at radius 3 is 2.19 bits per heavy atom. The second kappa shape index (κ2) is 6.97. The average Bonchev–Trinajstić information content (AvgIpc) is 2.78. The maximum atomic E-state index is 7.90. The number of rotatable bonds is 3. The first-order chi connectivity index (χ1) is 15.1. The van der Waals surface area contributed by atoms with Gasteiger partial charge in [-0.15, -0.1) is 0 Å². The zero-order valence-electron chi connectivity index (χ0n) is 20.1. The molecule has 0 unspecified atom stereocenters. The number of benzene rings is 3. The van der Waals surface area contributed by atoms with Gasteiger partial charge in [0.15, 0.2) is 0 Å². The van der Waals surface area contributed by atoms with E-state index in [9.17, 15) is 0 Å². The molecule has 0 saturated carbocycles. The molecule has 0 atom stereocenters. The fraction of sp³-hybridized carbons (Fsp3) is 0.0800. The van der Waals surface area contributed by atoms with Gasteiger partial charge in [-0.3, -0.25) is 4.98 Å². The van der Waals surface area contributed by atoms with Gasteiger partial charge >= 0.3 is 0 Å². The van der Waals surface area contributed by atoms with Crippen LogP contribution >= 0.6 is 0 Å². The molecule has 0 N–H and O–H groups in total. The molecule has 0 aliphatic rings. The Morgan fingerprint density at radius 1 is 0.654 bits per heavy atom. The van der Waals surface area contributed by atoms with Crippen LogP contribution in [-0.4, -0.2) is 4.98 Å². The summed E-state index contributed by atoms with van der Waals surface area (Å²) in [6.45, 7) is -4.41. The number of nitrogens with zero attached hydrogens (tertiary/aromatic N) is 1. The van der Waals surface area contributed by atoms with Crippen LogP contribution in [-0.2, 0) is 0 Å². The molecule has 1 heteroatoms. The van der Waals surface area contributed by atoms with Crippen LogP contribution in [0, 0.1) is 13.7 Å². The molecule has 0 spiro atoms. The van der Waals surface area contributed by atoms with Gasteiger partial charge in [-0.1, -0.05) is 78.4 Å². The summed E-state index contributed by atoms with van der Waals surface area (Å²) in [4.78, 5) is 4.45. The maximum absolute atomic E-state index is 7.90. The van der Waals surface area contributed by atoms with Crippen LogP contribution in [0.3, 0.4) is 0 Å². The van der Waals surface area contributed by atoms with Crippen molar-refractivity contribution in [3.63, 3.8) is 0 Å². The highest BCUT2D eigenvalue weighted by Gasteiger charge is 2.07. The third-order valence-electron chi connectivity index (χ3n) is 4.37. The first kappa shape index (κ1) is 10.7. The highest BCUT2D eigenvalue weighted by atomic mass is 14.7. The molecular formula is C25H21N. The minimum atomic E-state index is -2.27. The summed E-state index contributed by atoms with van der Waals surface area (Å²) in [5.41, 5.74) is 5.27. The minimum Gasteiger partial charge on any atom is -0.256 e. The third-order valence-corrected chi connectivity index (χ3v) is 4.37. The first-order valence-electron chi connectivity index (χ1n) is 11.4. The molecule has 0 aliphatic carbocycles. The Labute approximate surface area is 163 Å². The second-order valence-electron chi connectivity index (χ2n) is 6.14. The van der Waals surface area contributed by atoms with Gasteiger partial charge in [-0.25, -0.2) is 0 Å². The monoisotopic (exact) mass is 341 g/mol. The molecule has 3 aromatic carbocycles. The second-order valence-corrected chi connectivity index (χ2v) is 6.14. The van der Waals surface area contributed by atoms with E-state index in [1.807, 2.05) is 60.7 Å². The van der Waals surface area contributed by atoms with Gasteiger partial charge in [-0.2, -0.15) is 0 Å². The number of aromatic nitrogens is 1. The van der Waals surface area contributed by atoms with E-state index in [0.717, 1.165) is 22.3 Å². The van der Waals surface area contributed by atoms with E-state index in [0.29, 0.717) is 16.8 Å². The molecule has 0 fully saturated rings. The fourth-order valence-electron chi connectivity index (χ4n) is 2.99. The Hall–Kier alpha value is -3.19. The van der Waals surface area contributed by atoms with Gasteiger partial charge in [0.2, 0.25) is 0 Å². The van der Waals surface area contributed by atoms with Crippen LogP contribution in [0.4, 0.5) is 0 Å². The number of aryl methyl sites for hydroxylation is 2. The van der Waals surface area contributed by atoms with Crippen molar-refractivity contribution < 1.29 is 8.22 Å². The topological polar surface area (TPSA) is 12.9 Å². The summed E-state index contributed by atoms with van der Waals surface area (Å²) in [6.07, 6.45) is 1.43. The van der Waals surface area contributed by atoms with E-state index in [-0.39, 0.29) is 5.56 Å². The van der Waals surface area contributed by atoms with E-state index in [4.69, 9.17) is 8.22 Å². The molecule has 0 amide bonds. The van der Waals surface area contributed by atoms with Crippen LogP contribution in [0.15, 0.2) is 91.1 Å². The van der Waals surface area contributed by atoms with Crippen molar-refractivity contribution >= 4 is 0 Å². The van der Waals surface area contributed by atoms with Gasteiger partial charge < -0.3 is 0 Å². The molecule has 4 aromatic rings. The van der Waals surface area contributed by atoms with Crippen molar-refractivity contribution in [2.75, 3.05) is 0 Å². The summed E-state index contributed by atoms with van der Waals surface area (Å²) in [5.74, 6) is 0. The molecule has 1 heterocycles. The van der Waals surface area contributed by atoms with Crippen molar-refractivity contribution in [3.05, 3.63) is 102 Å². The summed E-state index contributed by atoms with van der Waals surface area (Å²) in [7, 11) is 0. The van der Waals surface area contributed by atoms with E-state index in [1.165, 1.54) is 6.20 Å². The summed E-state index contributed by atoms with van der Waals surface area (Å²) >= 11 is 0. The van der Waals surface area contributed by atoms with E-state index < -0.39 is 13.7 Å². The van der Waals surface area contributed by atoms with Crippen LogP contribution in [0.2, 0.25) is 0 Å². The minimum absolute atomic E-state index is 0.212. The lowest BCUT2D eigenvalue weighted by Crippen LogP contribution is -1.90. The van der Waals surface area contributed by atoms with E-state index >= 15 is 0 Å². The Bertz CT molecular complexity index is 1230. The van der Waals surface area contributed by atoms with Gasteiger partial charge in [0.05, 0.1) is 5.69 Å². The molecule has 1 nitrogen and oxygen atoms in total. The van der Waals surface area contributed by atoms with Gasteiger partial charge in [-0.05, 0) is 53.7 Å². The van der Waals surface area contributed by atoms with Crippen LogP contribution < -0.4 is 0 Å². The largest absolute Gasteiger partial charge is 0.256 e. The maximum Gasteiger partial charge on any atom is 0.0708 e. The number of hydrogen-bond acceptors (Lipinski definition) is 1. The quantitative estimate of drug-likeness (QED) is 0.404. The molecule has 26 heavy (non-hydrogen) atoms. The van der Waals surface area contributed by atoms with Gasteiger partial charge in [0, 0.05) is 20.0 Å². The van der Waals surface area contributed by atoms with Gasteiger partial charge in [0.25, 0.3) is 0 Å². The Morgan fingerprint density at radius 2 is 1.42 bits per heavy atom. The summed E-state index contributed by atoms with van der Waals surface area (Å²) in [6, 6.07) is 25.8. The molecule has 1 aromatic heterocycles. The SMILES string of the molecule is [2H]C([2H])([2H])c1ccc(-c2cccc(-c3cc(-c4ccccc4)c(C([2H])([2H])[2H])cn3)c2)cc1. The zero-order valence-corrected chi connectivity index (χ0v) is 14.1. The lowest BCUT2D eigenvalue weighted by Gasteiger charge is -2.10. The zero-order chi connectivity index (χ0) is 22.9. The standard InChI is InChI=1S/C25H21N/c1-18-11-13-20(14-12-18)22-9-6-10-23(15-22)25-16-24(19(2)17-26-25)21-7-4-3-5-8-21/h3-17H,1-2H3/i1D3,2D3. The molecule has 0 saturated heterocycles. The van der Waals surface area contributed by atoms with Crippen molar-refractivity contribution in [2.45, 2.75) is 13.7 Å². The fourth-order valence-corrected chi connectivity index (χ4v) is 2.99. The average molecular weight is 341 g/mol. The first-order valence-corrected chi connectivity index (χ1v) is 8.40. The van der Waals surface area contributed by atoms with Crippen LogP contribution in [0.25, 0.3) is 33.5 Å². The number of hydrogen-bond donors (Lipinski definition) is 0. The van der Waals surface area contributed by atoms with Gasteiger partial charge in [0.1, 0.15) is 0 Å². The molecule has 0 radical (unpaired) electrons. The lowest BCUT2D eigenvalue weighted by atomic mass is 9.97. The Balaban J connectivity index is 1.76. The molecule has 0 bridgehead atoms. The molecule has 126 valence electrons. The smallest absolute Gasteiger partial charge is 0.0708 e. The van der Waals surface area contributed by atoms with Crippen molar-refractivity contribution in [1.29, 1.82) is 0 Å². The predicted octanol–water partition coefficient (Wildman–Crippen LogP) is 6.70. The van der Waals surface area contributed by atoms with E-state index in [1.54, 1.807) is 24.3 Å². The van der Waals surface area contributed by atoms with Crippen molar-refractivity contribution in [1.82, 2.24) is 4.98 Å². The normalized spacial score (nSPS) is 15.1. The predicted molar refractivity (Wildman–Crippen MR) is 110 cm³/mol. The molecule has 4 rings (SSSR count). The van der Waals surface area contributed by atoms with Crippen molar-refractivity contribution in [3.8, 4) is 33.5 Å². The Kier molecular flexibility index (Phi) is 2.87. The number of pyridine rings is 1.